The third-order valence-corrected chi connectivity index (χ3v) is 3.38. The molecule has 1 rings (SSSR count). The average molecular weight is 297 g/mol. The van der Waals surface area contributed by atoms with E-state index in [9.17, 15) is 14.4 Å². The normalized spacial score (nSPS) is 16.8. The standard InChI is InChI=1S/C15H23NO5/c1-3-9-20-11(2)15(19)21-10-13(17)16-14(18)12-7-5-4-6-8-12/h3,11-12H,1,4-10H2,2H3,(H,16,17,18). The number of hydrogen-bond donors (Lipinski definition) is 1. The molecule has 0 heterocycles. The molecule has 1 aliphatic carbocycles. The lowest BCUT2D eigenvalue weighted by atomic mass is 9.89. The first-order valence-corrected chi connectivity index (χ1v) is 7.27. The second-order valence-electron chi connectivity index (χ2n) is 5.12. The number of carbonyl (C=O) groups excluding carboxylic acids is 3. The van der Waals surface area contributed by atoms with Crippen molar-refractivity contribution in [3.8, 4) is 0 Å². The smallest absolute Gasteiger partial charge is 0.335 e. The molecule has 1 atom stereocenters. The zero-order valence-electron chi connectivity index (χ0n) is 12.4. The van der Waals surface area contributed by atoms with Gasteiger partial charge in [0.2, 0.25) is 5.91 Å². The van der Waals surface area contributed by atoms with Crippen LogP contribution in [0.5, 0.6) is 0 Å². The largest absolute Gasteiger partial charge is 0.454 e. The maximum Gasteiger partial charge on any atom is 0.335 e. The molecule has 0 radical (unpaired) electrons. The Balaban J connectivity index is 2.25. The van der Waals surface area contributed by atoms with Gasteiger partial charge >= 0.3 is 5.97 Å². The SMILES string of the molecule is C=CCOC(C)C(=O)OCC(=O)NC(=O)C1CCCCC1. The fourth-order valence-corrected chi connectivity index (χ4v) is 2.17. The number of hydrogen-bond acceptors (Lipinski definition) is 5. The minimum Gasteiger partial charge on any atom is -0.454 e. The molecule has 6 heteroatoms. The molecule has 118 valence electrons. The molecule has 1 N–H and O–H groups in total. The van der Waals surface area contributed by atoms with Crippen LogP contribution in [0.2, 0.25) is 0 Å². The molecule has 1 fully saturated rings. The molecule has 1 saturated carbocycles. The zero-order valence-corrected chi connectivity index (χ0v) is 12.4. The van der Waals surface area contributed by atoms with Crippen molar-refractivity contribution < 1.29 is 23.9 Å². The van der Waals surface area contributed by atoms with Gasteiger partial charge in [0.1, 0.15) is 0 Å². The highest BCUT2D eigenvalue weighted by atomic mass is 16.6. The average Bonchev–Trinajstić information content (AvgIpc) is 2.50. The van der Waals surface area contributed by atoms with Crippen LogP contribution in [0.4, 0.5) is 0 Å². The van der Waals surface area contributed by atoms with Crippen LogP contribution in [0.3, 0.4) is 0 Å². The van der Waals surface area contributed by atoms with Gasteiger partial charge in [-0.25, -0.2) is 4.79 Å². The number of rotatable bonds is 7. The molecule has 0 saturated heterocycles. The lowest BCUT2D eigenvalue weighted by molar-refractivity contribution is -0.159. The van der Waals surface area contributed by atoms with Crippen molar-refractivity contribution in [3.63, 3.8) is 0 Å². The van der Waals surface area contributed by atoms with Crippen molar-refractivity contribution in [1.29, 1.82) is 0 Å². The number of carbonyl (C=O) groups is 3. The van der Waals surface area contributed by atoms with E-state index >= 15 is 0 Å². The van der Waals surface area contributed by atoms with Gasteiger partial charge in [-0.3, -0.25) is 14.9 Å². The van der Waals surface area contributed by atoms with Crippen molar-refractivity contribution in [2.45, 2.75) is 45.1 Å². The molecule has 21 heavy (non-hydrogen) atoms. The Morgan fingerprint density at radius 2 is 1.95 bits per heavy atom. The summed E-state index contributed by atoms with van der Waals surface area (Å²) in [7, 11) is 0. The van der Waals surface area contributed by atoms with Gasteiger partial charge in [-0.1, -0.05) is 25.3 Å². The maximum atomic E-state index is 11.8. The zero-order chi connectivity index (χ0) is 15.7. The molecule has 1 unspecified atom stereocenters. The fourth-order valence-electron chi connectivity index (χ4n) is 2.17. The van der Waals surface area contributed by atoms with Crippen LogP contribution in [0.25, 0.3) is 0 Å². The Morgan fingerprint density at radius 3 is 2.57 bits per heavy atom. The van der Waals surface area contributed by atoms with Crippen molar-refractivity contribution in [3.05, 3.63) is 12.7 Å². The Hall–Kier alpha value is -1.69. The van der Waals surface area contributed by atoms with Gasteiger partial charge in [-0.05, 0) is 19.8 Å². The molecule has 6 nitrogen and oxygen atoms in total. The van der Waals surface area contributed by atoms with Crippen LogP contribution >= 0.6 is 0 Å². The van der Waals surface area contributed by atoms with Crippen LogP contribution in [0, 0.1) is 5.92 Å². The molecular weight excluding hydrogens is 274 g/mol. The van der Waals surface area contributed by atoms with Crippen LogP contribution < -0.4 is 5.32 Å². The van der Waals surface area contributed by atoms with E-state index in [4.69, 9.17) is 9.47 Å². The minimum atomic E-state index is -0.773. The van der Waals surface area contributed by atoms with Crippen molar-refractivity contribution in [1.82, 2.24) is 5.32 Å². The monoisotopic (exact) mass is 297 g/mol. The Labute approximate surface area is 124 Å². The predicted molar refractivity (Wildman–Crippen MR) is 76.3 cm³/mol. The van der Waals surface area contributed by atoms with Gasteiger partial charge in [0.05, 0.1) is 6.61 Å². The van der Waals surface area contributed by atoms with E-state index in [-0.39, 0.29) is 18.4 Å². The molecular formula is C15H23NO5. The third-order valence-electron chi connectivity index (χ3n) is 3.38. The van der Waals surface area contributed by atoms with E-state index in [0.29, 0.717) is 0 Å². The minimum absolute atomic E-state index is 0.103. The van der Waals surface area contributed by atoms with Crippen molar-refractivity contribution in [2.75, 3.05) is 13.2 Å². The molecule has 1 aliphatic rings. The number of ether oxygens (including phenoxy) is 2. The van der Waals surface area contributed by atoms with Gasteiger partial charge in [-0.15, -0.1) is 6.58 Å². The first-order chi connectivity index (χ1) is 10.0. The van der Waals surface area contributed by atoms with Gasteiger partial charge < -0.3 is 9.47 Å². The van der Waals surface area contributed by atoms with E-state index < -0.39 is 24.6 Å². The molecule has 0 bridgehead atoms. The highest BCUT2D eigenvalue weighted by Gasteiger charge is 2.23. The van der Waals surface area contributed by atoms with Gasteiger partial charge in [0.15, 0.2) is 12.7 Å². The molecule has 2 amide bonds. The van der Waals surface area contributed by atoms with Gasteiger partial charge in [0, 0.05) is 5.92 Å². The molecule has 0 spiro atoms. The predicted octanol–water partition coefficient (Wildman–Crippen LogP) is 1.34. The lowest BCUT2D eigenvalue weighted by Gasteiger charge is -2.20. The van der Waals surface area contributed by atoms with Crippen LogP contribution in [0.15, 0.2) is 12.7 Å². The van der Waals surface area contributed by atoms with Gasteiger partial charge in [-0.2, -0.15) is 0 Å². The quantitative estimate of drug-likeness (QED) is 0.566. The first kappa shape index (κ1) is 17.4. The summed E-state index contributed by atoms with van der Waals surface area (Å²) in [4.78, 5) is 34.9. The number of esters is 1. The molecule has 0 aromatic carbocycles. The summed E-state index contributed by atoms with van der Waals surface area (Å²) >= 11 is 0. The van der Waals surface area contributed by atoms with E-state index in [1.807, 2.05) is 0 Å². The summed E-state index contributed by atoms with van der Waals surface area (Å²) < 4.78 is 9.86. The first-order valence-electron chi connectivity index (χ1n) is 7.27. The highest BCUT2D eigenvalue weighted by molar-refractivity contribution is 5.97. The van der Waals surface area contributed by atoms with Crippen LogP contribution in [-0.2, 0) is 23.9 Å². The summed E-state index contributed by atoms with van der Waals surface area (Å²) in [6, 6.07) is 0. The van der Waals surface area contributed by atoms with E-state index in [1.165, 1.54) is 13.0 Å². The Bertz CT molecular complexity index is 388. The van der Waals surface area contributed by atoms with Crippen molar-refractivity contribution >= 4 is 17.8 Å². The van der Waals surface area contributed by atoms with Crippen molar-refractivity contribution in [2.24, 2.45) is 5.92 Å². The molecule has 0 aromatic heterocycles. The van der Waals surface area contributed by atoms with E-state index in [0.717, 1.165) is 32.1 Å². The summed E-state index contributed by atoms with van der Waals surface area (Å²) in [5.41, 5.74) is 0. The second-order valence-corrected chi connectivity index (χ2v) is 5.12. The summed E-state index contributed by atoms with van der Waals surface area (Å²) in [5, 5.41) is 2.28. The fraction of sp³-hybridized carbons (Fsp3) is 0.667. The second kappa shape index (κ2) is 9.28. The summed E-state index contributed by atoms with van der Waals surface area (Å²) in [6.07, 6.45) is 5.53. The summed E-state index contributed by atoms with van der Waals surface area (Å²) in [6.45, 7) is 4.74. The number of imide groups is 1. The number of amides is 2. The third kappa shape index (κ3) is 6.53. The van der Waals surface area contributed by atoms with E-state index in [1.54, 1.807) is 0 Å². The maximum absolute atomic E-state index is 11.8. The Morgan fingerprint density at radius 1 is 1.29 bits per heavy atom. The summed E-state index contributed by atoms with van der Waals surface area (Å²) in [5.74, 6) is -1.62. The van der Waals surface area contributed by atoms with Crippen LogP contribution in [-0.4, -0.2) is 37.1 Å². The molecule has 0 aliphatic heterocycles. The molecule has 0 aromatic rings. The highest BCUT2D eigenvalue weighted by Crippen LogP contribution is 2.23. The lowest BCUT2D eigenvalue weighted by Crippen LogP contribution is -2.39. The Kier molecular flexibility index (Phi) is 7.68. The van der Waals surface area contributed by atoms with Gasteiger partial charge in [0.25, 0.3) is 5.91 Å². The topological polar surface area (TPSA) is 81.7 Å². The van der Waals surface area contributed by atoms with Crippen LogP contribution in [0.1, 0.15) is 39.0 Å². The number of nitrogens with one attached hydrogen (secondary N) is 1. The van der Waals surface area contributed by atoms with E-state index in [2.05, 4.69) is 11.9 Å².